The summed E-state index contributed by atoms with van der Waals surface area (Å²) in [4.78, 5) is 18.9. The molecule has 2 aromatic rings. The number of anilines is 1. The molecule has 0 amide bonds. The number of aromatic nitrogens is 2. The zero-order valence-electron chi connectivity index (χ0n) is 7.66. The number of nitrogens with one attached hydrogen (secondary N) is 2. The van der Waals surface area contributed by atoms with Crippen LogP contribution in [0, 0.1) is 0 Å². The molecule has 0 aliphatic carbocycles. The number of hydrogen-bond acceptors (Lipinski definition) is 4. The Labute approximate surface area is 98.5 Å². The Hall–Kier alpha value is -1.14. The highest BCUT2D eigenvalue weighted by molar-refractivity contribution is 9.10. The molecule has 0 fully saturated rings. The van der Waals surface area contributed by atoms with Crippen molar-refractivity contribution in [3.63, 3.8) is 0 Å². The fraction of sp³-hybridized carbons (Fsp3) is 0.111. The van der Waals surface area contributed by atoms with Crippen molar-refractivity contribution < 1.29 is 0 Å². The lowest BCUT2D eigenvalue weighted by atomic mass is 10.4. The van der Waals surface area contributed by atoms with Gasteiger partial charge in [-0.2, -0.15) is 0 Å². The summed E-state index contributed by atoms with van der Waals surface area (Å²) in [5.41, 5.74) is -0.201. The second kappa shape index (κ2) is 4.59. The number of nitrogens with zero attached hydrogens (tertiary/aromatic N) is 1. The fourth-order valence-corrected chi connectivity index (χ4v) is 2.49. The predicted octanol–water partition coefficient (Wildman–Crippen LogP) is 2.21. The highest BCUT2D eigenvalue weighted by atomic mass is 79.9. The Bertz CT molecular complexity index is 508. The number of hydrogen-bond donors (Lipinski definition) is 2. The van der Waals surface area contributed by atoms with E-state index in [4.69, 9.17) is 0 Å². The second-order valence-corrected chi connectivity index (χ2v) is 4.76. The first-order valence-corrected chi connectivity index (χ1v) is 5.93. The third-order valence-electron chi connectivity index (χ3n) is 1.76. The van der Waals surface area contributed by atoms with E-state index in [-0.39, 0.29) is 5.56 Å². The summed E-state index contributed by atoms with van der Waals surface area (Å²) in [5, 5.41) is 4.98. The van der Waals surface area contributed by atoms with E-state index in [0.717, 1.165) is 9.35 Å². The zero-order chi connectivity index (χ0) is 10.7. The minimum Gasteiger partial charge on any atom is -0.361 e. The molecule has 78 valence electrons. The molecule has 0 radical (unpaired) electrons. The highest BCUT2D eigenvalue weighted by Crippen LogP contribution is 2.19. The lowest BCUT2D eigenvalue weighted by molar-refractivity contribution is 1.07. The van der Waals surface area contributed by atoms with Crippen LogP contribution in [0.4, 0.5) is 5.82 Å². The molecule has 0 aliphatic rings. The van der Waals surface area contributed by atoms with Crippen molar-refractivity contribution in [2.75, 3.05) is 5.32 Å². The Balaban J connectivity index is 2.05. The molecule has 0 aliphatic heterocycles. The third-order valence-corrected chi connectivity index (χ3v) is 3.46. The largest absolute Gasteiger partial charge is 0.361 e. The molecule has 15 heavy (non-hydrogen) atoms. The maximum Gasteiger partial charge on any atom is 0.290 e. The lowest BCUT2D eigenvalue weighted by Gasteiger charge is -2.00. The third kappa shape index (κ3) is 2.66. The molecule has 2 aromatic heterocycles. The molecule has 0 unspecified atom stereocenters. The lowest BCUT2D eigenvalue weighted by Crippen LogP contribution is -2.14. The smallest absolute Gasteiger partial charge is 0.290 e. The maximum atomic E-state index is 11.3. The number of rotatable bonds is 3. The summed E-state index contributed by atoms with van der Waals surface area (Å²) in [7, 11) is 0. The van der Waals surface area contributed by atoms with Gasteiger partial charge in [-0.1, -0.05) is 0 Å². The highest BCUT2D eigenvalue weighted by Gasteiger charge is 2.01. The molecule has 2 N–H and O–H groups in total. The summed E-state index contributed by atoms with van der Waals surface area (Å²) in [5.74, 6) is 0.349. The minimum absolute atomic E-state index is 0.201. The minimum atomic E-state index is -0.201. The van der Waals surface area contributed by atoms with E-state index in [2.05, 4.69) is 31.2 Å². The van der Waals surface area contributed by atoms with Gasteiger partial charge in [0.05, 0.1) is 6.54 Å². The maximum absolute atomic E-state index is 11.3. The summed E-state index contributed by atoms with van der Waals surface area (Å²) < 4.78 is 1.05. The predicted molar refractivity (Wildman–Crippen MR) is 64.2 cm³/mol. The van der Waals surface area contributed by atoms with Crippen LogP contribution in [0.2, 0.25) is 0 Å². The normalized spacial score (nSPS) is 10.2. The van der Waals surface area contributed by atoms with E-state index in [1.54, 1.807) is 17.5 Å². The van der Waals surface area contributed by atoms with Crippen molar-refractivity contribution >= 4 is 33.1 Å². The molecular formula is C9H8BrN3OS. The molecule has 0 bridgehead atoms. The van der Waals surface area contributed by atoms with Crippen molar-refractivity contribution in [2.24, 2.45) is 0 Å². The summed E-state index contributed by atoms with van der Waals surface area (Å²) in [6, 6.07) is 2.01. The molecule has 2 heterocycles. The Morgan fingerprint density at radius 3 is 3.13 bits per heavy atom. The van der Waals surface area contributed by atoms with Crippen LogP contribution in [0.5, 0.6) is 0 Å². The van der Waals surface area contributed by atoms with Crippen LogP contribution >= 0.6 is 27.3 Å². The van der Waals surface area contributed by atoms with Crippen LogP contribution in [0.15, 0.2) is 33.1 Å². The molecule has 2 rings (SSSR count). The molecule has 6 heteroatoms. The summed E-state index contributed by atoms with van der Waals surface area (Å²) >= 11 is 5.00. The molecule has 0 aromatic carbocycles. The van der Waals surface area contributed by atoms with E-state index >= 15 is 0 Å². The second-order valence-electron chi connectivity index (χ2n) is 2.85. The Kier molecular flexibility index (Phi) is 3.17. The van der Waals surface area contributed by atoms with Crippen LogP contribution in [0.1, 0.15) is 4.88 Å². The molecule has 0 saturated carbocycles. The van der Waals surface area contributed by atoms with Crippen molar-refractivity contribution in [3.05, 3.63) is 43.5 Å². The van der Waals surface area contributed by atoms with Crippen molar-refractivity contribution in [1.82, 2.24) is 9.97 Å². The van der Waals surface area contributed by atoms with E-state index in [0.29, 0.717) is 12.4 Å². The zero-order valence-corrected chi connectivity index (χ0v) is 10.1. The van der Waals surface area contributed by atoms with Gasteiger partial charge in [0, 0.05) is 27.1 Å². The van der Waals surface area contributed by atoms with Crippen LogP contribution < -0.4 is 10.9 Å². The topological polar surface area (TPSA) is 57.8 Å². The number of H-pyrrole nitrogens is 1. The first-order chi connectivity index (χ1) is 7.25. The van der Waals surface area contributed by atoms with Crippen LogP contribution in [0.25, 0.3) is 0 Å². The van der Waals surface area contributed by atoms with Crippen molar-refractivity contribution in [2.45, 2.75) is 6.54 Å². The van der Waals surface area contributed by atoms with Gasteiger partial charge >= 0.3 is 0 Å². The van der Waals surface area contributed by atoms with Gasteiger partial charge < -0.3 is 10.3 Å². The van der Waals surface area contributed by atoms with Gasteiger partial charge in [-0.25, -0.2) is 4.98 Å². The van der Waals surface area contributed by atoms with Crippen molar-refractivity contribution in [3.8, 4) is 0 Å². The summed E-state index contributed by atoms with van der Waals surface area (Å²) in [6.45, 7) is 0.608. The number of halogens is 1. The van der Waals surface area contributed by atoms with Crippen molar-refractivity contribution in [1.29, 1.82) is 0 Å². The number of aromatic amines is 1. The van der Waals surface area contributed by atoms with Crippen LogP contribution in [-0.2, 0) is 6.54 Å². The van der Waals surface area contributed by atoms with Gasteiger partial charge in [0.1, 0.15) is 0 Å². The van der Waals surface area contributed by atoms with Gasteiger partial charge in [-0.3, -0.25) is 4.79 Å². The average molecular weight is 286 g/mol. The van der Waals surface area contributed by atoms with Crippen LogP contribution in [-0.4, -0.2) is 9.97 Å². The average Bonchev–Trinajstić information content (AvgIpc) is 2.63. The number of thiophene rings is 1. The van der Waals surface area contributed by atoms with E-state index in [1.165, 1.54) is 6.20 Å². The SMILES string of the molecule is O=c1[nH]ccnc1NCc1cc(Br)cs1. The van der Waals surface area contributed by atoms with Gasteiger partial charge in [0.2, 0.25) is 0 Å². The van der Waals surface area contributed by atoms with E-state index in [1.807, 2.05) is 11.4 Å². The molecular weight excluding hydrogens is 278 g/mol. The molecule has 0 spiro atoms. The van der Waals surface area contributed by atoms with Crippen LogP contribution in [0.3, 0.4) is 0 Å². The monoisotopic (exact) mass is 285 g/mol. The van der Waals surface area contributed by atoms with Gasteiger partial charge in [-0.05, 0) is 22.0 Å². The molecule has 0 atom stereocenters. The Morgan fingerprint density at radius 1 is 1.60 bits per heavy atom. The molecule has 4 nitrogen and oxygen atoms in total. The fourth-order valence-electron chi connectivity index (χ4n) is 1.10. The van der Waals surface area contributed by atoms with E-state index in [9.17, 15) is 4.79 Å². The summed E-state index contributed by atoms with van der Waals surface area (Å²) in [6.07, 6.45) is 3.06. The quantitative estimate of drug-likeness (QED) is 0.909. The van der Waals surface area contributed by atoms with Gasteiger partial charge in [0.25, 0.3) is 5.56 Å². The standard InChI is InChI=1S/C9H8BrN3OS/c10-6-3-7(15-5-6)4-13-8-9(14)12-2-1-11-8/h1-3,5H,4H2,(H,11,13)(H,12,14). The first-order valence-electron chi connectivity index (χ1n) is 4.26. The Morgan fingerprint density at radius 2 is 2.47 bits per heavy atom. The van der Waals surface area contributed by atoms with Gasteiger partial charge in [0.15, 0.2) is 5.82 Å². The van der Waals surface area contributed by atoms with Gasteiger partial charge in [-0.15, -0.1) is 11.3 Å². The first kappa shape index (κ1) is 10.4. The molecule has 0 saturated heterocycles. The van der Waals surface area contributed by atoms with E-state index < -0.39 is 0 Å².